The van der Waals surface area contributed by atoms with Crippen molar-refractivity contribution in [2.45, 2.75) is 182 Å². The van der Waals surface area contributed by atoms with Gasteiger partial charge in [0.25, 0.3) is 22.9 Å². The largest absolute Gasteiger partial charge is 0.695 e. The SMILES string of the molecule is C.C.CC[C@H]1O[C@@H](n2cnc3c(NC(=O)c4ccccc4)ncnc32)C(O[Si](C)(C)C(C)(C)C)[C@H]1OP(C)C.Cc1nc2c(ncn2[C@@H]2O[C@H](CO)[C@H](C)C2O[P+](=O)O)c(=O)[nH]1.Cc1nc2c(ncn2[C@@H]2O[C@H](COP(C)(=S)OC3[C@@H](CO)O[C@@H](n4cnc5c(NC(=O)c6ccccc6)ncnc54)[C@H]3C)[C@H](C)C2O[P+](=O)O)c(=O)[nH]1. The number of aromatic nitrogens is 16. The van der Waals surface area contributed by atoms with Gasteiger partial charge in [-0.25, -0.2) is 49.8 Å². The van der Waals surface area contributed by atoms with Crippen molar-refractivity contribution in [2.75, 3.05) is 50.4 Å². The predicted octanol–water partition coefficient (Wildman–Crippen LogP) is 10.0. The summed E-state index contributed by atoms with van der Waals surface area (Å²) in [6.07, 6.45) is 1.42. The number of aliphatic hydroxyl groups excluding tert-OH is 2. The number of benzene rings is 2. The van der Waals surface area contributed by atoms with E-state index in [0.717, 1.165) is 6.42 Å². The fourth-order valence-electron chi connectivity index (χ4n) is 13.5. The van der Waals surface area contributed by atoms with Crippen LogP contribution in [0.2, 0.25) is 18.1 Å². The number of anilines is 2. The van der Waals surface area contributed by atoms with Gasteiger partial charge in [0.15, 0.2) is 102 Å². The first-order valence-corrected chi connectivity index (χ1v) is 46.5. The summed E-state index contributed by atoms with van der Waals surface area (Å²) in [6.45, 7) is 24.0. The highest BCUT2D eigenvalue weighted by atomic mass is 32.5. The zero-order chi connectivity index (χ0) is 81.3. The average molecular weight is 1710 g/mol. The van der Waals surface area contributed by atoms with E-state index in [-0.39, 0.29) is 115 Å². The van der Waals surface area contributed by atoms with Crippen LogP contribution in [0.1, 0.15) is 127 Å². The third-order valence-corrected chi connectivity index (χ3v) is 28.1. The van der Waals surface area contributed by atoms with Gasteiger partial charge >= 0.3 is 16.5 Å². The van der Waals surface area contributed by atoms with Crippen molar-refractivity contribution in [1.29, 1.82) is 0 Å². The summed E-state index contributed by atoms with van der Waals surface area (Å²) < 4.78 is 90.9. The molecule has 7 unspecified atom stereocenters. The Hall–Kier alpha value is -7.88. The molecule has 14 rings (SSSR count). The number of amides is 2. The van der Waals surface area contributed by atoms with E-state index in [0.29, 0.717) is 50.9 Å². The lowest BCUT2D eigenvalue weighted by Gasteiger charge is -2.40. The lowest BCUT2D eigenvalue weighted by atomic mass is 10.0. The van der Waals surface area contributed by atoms with Crippen molar-refractivity contribution < 1.29 is 84.7 Å². The zero-order valence-corrected chi connectivity index (χ0v) is 69.5. The van der Waals surface area contributed by atoms with Gasteiger partial charge in [0.1, 0.15) is 54.9 Å². The number of fused-ring (bicyclic) bond motifs is 4. The van der Waals surface area contributed by atoms with Crippen molar-refractivity contribution in [3.05, 3.63) is 142 Å². The molecule has 620 valence electrons. The van der Waals surface area contributed by atoms with Gasteiger partial charge in [0, 0.05) is 52.8 Å². The quantitative estimate of drug-likeness (QED) is 0.0206. The van der Waals surface area contributed by atoms with Gasteiger partial charge < -0.3 is 67.8 Å². The van der Waals surface area contributed by atoms with E-state index in [1.54, 1.807) is 81.7 Å². The molecular formula is C71H98N18O20P4SSi+2. The Kier molecular flexibility index (Phi) is 29.1. The molecule has 12 heterocycles. The molecule has 4 aliphatic heterocycles. The third-order valence-electron chi connectivity index (χ3n) is 20.3. The molecule has 0 aliphatic carbocycles. The number of carbonyl (C=O) groups excluding carboxylic acids is 2. The Morgan fingerprint density at radius 2 is 1.00 bits per heavy atom. The van der Waals surface area contributed by atoms with E-state index in [4.69, 9.17) is 62.7 Å². The molecule has 8 N–H and O–H groups in total. The summed E-state index contributed by atoms with van der Waals surface area (Å²) in [5, 5.41) is 25.4. The molecule has 4 saturated heterocycles. The van der Waals surface area contributed by atoms with E-state index in [1.807, 2.05) is 35.8 Å². The summed E-state index contributed by atoms with van der Waals surface area (Å²) >= 11 is 5.83. The first kappa shape index (κ1) is 89.5. The van der Waals surface area contributed by atoms with Gasteiger partial charge in [-0.2, -0.15) is 0 Å². The van der Waals surface area contributed by atoms with E-state index >= 15 is 0 Å². The number of hydrogen-bond donors (Lipinski definition) is 8. The van der Waals surface area contributed by atoms with Crippen LogP contribution in [-0.2, 0) is 66.9 Å². The summed E-state index contributed by atoms with van der Waals surface area (Å²) in [4.78, 5) is 117. The molecule has 0 spiro atoms. The van der Waals surface area contributed by atoms with Crippen molar-refractivity contribution in [1.82, 2.24) is 78.1 Å². The normalized spacial score (nSPS) is 25.6. The standard InChI is InChI=1S/C31H35N9O10P2S.C26H38N5O4PSi.C12H15N4O6P.2CH4/c1-15-20(48-31(24(15)49-51(44)45)40-14-35-22-27(40)36-17(3)37-29(22)43)11-46-52(4,53)50-23-16(2)30(47-19(23)10-41)39-13-34-21-25(32-12-33-26(21)39)38-28(42)18-8-6-5-7-9-18;1-9-18-20(34-36(5)6)21(35-37(7,8)26(2,3)4)25(33-18)31-16-29-19-22(27-15-28-23(19)31)30-24(32)17-13-11-10-12-14-17;1-5-7(3-17)21-12(9(5)22-23(19)20)16-4-13-8-10(16)14-6(2)15-11(8)18;;/h5-9,12-16,19-20,23-24,30-31,41H,10-11H2,1-4H3,(H2-,32,33,36,37,38,42,43,44,45);10-16,18,20-21,25H,9H2,1-8H3,(H,27,28,30,32);4-5,7,9,12,17H,3H2,1-2H3,(H-,14,15,18,19,20);2*1H4/p+2/t15-,16-,19+,20+,23?,24?,30+,31+,52?;18-,20+,21?,25-;5-,7+,9?,12+;;/m010../s1. The fraction of sp³-hybridized carbons (Fsp3) is 0.521. The summed E-state index contributed by atoms with van der Waals surface area (Å²) in [7, 11) is -8.68. The van der Waals surface area contributed by atoms with Crippen LogP contribution < -0.4 is 21.8 Å². The number of aromatic amines is 2. The number of carbonyl (C=O) groups is 2. The number of nitrogens with one attached hydrogen (secondary N) is 4. The van der Waals surface area contributed by atoms with Crippen LogP contribution in [0.3, 0.4) is 0 Å². The number of hydrogen-bond acceptors (Lipinski definition) is 29. The highest BCUT2D eigenvalue weighted by Gasteiger charge is 2.54. The lowest BCUT2D eigenvalue weighted by Crippen LogP contribution is -2.48. The molecule has 0 radical (unpaired) electrons. The Morgan fingerprint density at radius 1 is 0.591 bits per heavy atom. The number of aryl methyl sites for hydroxylation is 2. The molecule has 10 aromatic rings. The van der Waals surface area contributed by atoms with Crippen LogP contribution in [0, 0.1) is 31.6 Å². The Balaban J connectivity index is 0.000000196. The first-order chi connectivity index (χ1) is 53.7. The van der Waals surface area contributed by atoms with Crippen molar-refractivity contribution in [3.63, 3.8) is 0 Å². The number of H-pyrrole nitrogens is 2. The summed E-state index contributed by atoms with van der Waals surface area (Å²) in [6, 6.07) is 17.7. The maximum Gasteiger partial charge on any atom is 0.695 e. The molecule has 0 saturated carbocycles. The molecule has 38 nitrogen and oxygen atoms in total. The highest BCUT2D eigenvalue weighted by Crippen LogP contribution is 2.53. The highest BCUT2D eigenvalue weighted by molar-refractivity contribution is 8.09. The molecule has 2 amide bonds. The van der Waals surface area contributed by atoms with Crippen LogP contribution in [0.5, 0.6) is 0 Å². The smallest absolute Gasteiger partial charge is 0.407 e. The van der Waals surface area contributed by atoms with Crippen molar-refractivity contribution in [2.24, 2.45) is 17.8 Å². The van der Waals surface area contributed by atoms with Crippen molar-refractivity contribution in [3.8, 4) is 0 Å². The molecule has 8 aromatic heterocycles. The Labute approximate surface area is 670 Å². The second kappa shape index (κ2) is 37.4. The molecular weight excluding hydrogens is 1610 g/mol. The Morgan fingerprint density at radius 3 is 1.43 bits per heavy atom. The second-order valence-corrected chi connectivity index (χ2v) is 41.2. The van der Waals surface area contributed by atoms with Gasteiger partial charge in [-0.15, -0.1) is 18.8 Å². The molecule has 115 heavy (non-hydrogen) atoms. The van der Waals surface area contributed by atoms with Gasteiger partial charge in [-0.1, -0.05) is 99.7 Å². The minimum absolute atomic E-state index is 0. The molecule has 44 heteroatoms. The van der Waals surface area contributed by atoms with Gasteiger partial charge in [-0.05, 0) is 87.8 Å². The van der Waals surface area contributed by atoms with Gasteiger partial charge in [0.2, 0.25) is 0 Å². The second-order valence-electron chi connectivity index (χ2n) is 29.3. The monoisotopic (exact) mass is 1710 g/mol. The van der Waals surface area contributed by atoms with Gasteiger partial charge in [-0.3, -0.25) is 37.4 Å². The van der Waals surface area contributed by atoms with Crippen LogP contribution >= 0.6 is 31.1 Å². The predicted molar refractivity (Wildman–Crippen MR) is 432 cm³/mol. The lowest BCUT2D eigenvalue weighted by molar-refractivity contribution is -0.0475. The Bertz CT molecular complexity index is 5270. The number of nitrogens with zero attached hydrogens (tertiary/aromatic N) is 14. The number of aliphatic hydroxyl groups is 2. The fourth-order valence-corrected chi connectivity index (χ4v) is 18.3. The van der Waals surface area contributed by atoms with Crippen LogP contribution in [0.15, 0.2) is 108 Å². The number of imidazole rings is 4. The maximum atomic E-state index is 12.8. The summed E-state index contributed by atoms with van der Waals surface area (Å²) in [5.41, 5.74) is 2.68. The van der Waals surface area contributed by atoms with Crippen LogP contribution in [-0.4, -0.2) is 213 Å². The van der Waals surface area contributed by atoms with Crippen molar-refractivity contribution >= 4 is 119 Å². The molecule has 4 aliphatic rings. The minimum Gasteiger partial charge on any atom is -0.407 e. The molecule has 2 aromatic carbocycles. The van der Waals surface area contributed by atoms with Gasteiger partial charge in [0.05, 0.1) is 63.4 Å². The van der Waals surface area contributed by atoms with E-state index < -0.39 is 112 Å². The summed E-state index contributed by atoms with van der Waals surface area (Å²) in [5.74, 6) is -0.487. The third kappa shape index (κ3) is 19.5. The zero-order valence-electron chi connectivity index (χ0n) is 64.1. The molecule has 0 bridgehead atoms. The first-order valence-electron chi connectivity index (χ1n) is 36.1. The molecule has 4 fully saturated rings. The topological polar surface area (TPSA) is 480 Å². The number of rotatable bonds is 24. The van der Waals surface area contributed by atoms with E-state index in [9.17, 15) is 43.4 Å². The average Bonchev–Trinajstić information content (AvgIpc) is 1.51. The minimum atomic E-state index is -3.05. The van der Waals surface area contributed by atoms with E-state index in [1.165, 1.54) is 40.8 Å². The molecule has 19 atom stereocenters. The van der Waals surface area contributed by atoms with Crippen LogP contribution in [0.4, 0.5) is 11.6 Å². The van der Waals surface area contributed by atoms with Crippen LogP contribution in [0.25, 0.3) is 44.7 Å². The van der Waals surface area contributed by atoms with E-state index in [2.05, 4.69) is 125 Å². The maximum absolute atomic E-state index is 12.8. The number of ether oxygens (including phenoxy) is 4.